The summed E-state index contributed by atoms with van der Waals surface area (Å²) in [5.41, 5.74) is 1.06. The van der Waals surface area contributed by atoms with Gasteiger partial charge < -0.3 is 10.1 Å². The highest BCUT2D eigenvalue weighted by atomic mass is 16.6. The van der Waals surface area contributed by atoms with Crippen molar-refractivity contribution >= 4 is 6.09 Å². The van der Waals surface area contributed by atoms with Gasteiger partial charge >= 0.3 is 6.09 Å². The largest absolute Gasteiger partial charge is 0.444 e. The molecule has 0 atom stereocenters. The lowest BCUT2D eigenvalue weighted by Gasteiger charge is -2.19. The second-order valence-electron chi connectivity index (χ2n) is 4.44. The molecule has 0 aliphatic heterocycles. The monoisotopic (exact) mass is 223 g/mol. The van der Waals surface area contributed by atoms with Crippen molar-refractivity contribution < 1.29 is 9.53 Å². The third-order valence-corrected chi connectivity index (χ3v) is 1.78. The number of ether oxygens (including phenoxy) is 1. The normalized spacial score (nSPS) is 11.0. The third kappa shape index (κ3) is 4.25. The van der Waals surface area contributed by atoms with Gasteiger partial charge in [0, 0.05) is 12.4 Å². The molecule has 0 saturated carbocycles. The van der Waals surface area contributed by atoms with Gasteiger partial charge in [-0.1, -0.05) is 0 Å². The summed E-state index contributed by atoms with van der Waals surface area (Å²) in [6.45, 7) is 7.63. The molecule has 0 aliphatic rings. The van der Waals surface area contributed by atoms with Crippen LogP contribution in [0.2, 0.25) is 0 Å². The molecule has 1 rings (SSSR count). The van der Waals surface area contributed by atoms with Crippen molar-refractivity contribution in [3.8, 4) is 0 Å². The zero-order valence-corrected chi connectivity index (χ0v) is 10.1. The first-order chi connectivity index (χ1) is 7.38. The van der Waals surface area contributed by atoms with Crippen LogP contribution in [0, 0.1) is 6.92 Å². The van der Waals surface area contributed by atoms with Gasteiger partial charge in [0.1, 0.15) is 5.60 Å². The number of nitrogens with one attached hydrogen (secondary N) is 1. The zero-order valence-electron chi connectivity index (χ0n) is 10.1. The van der Waals surface area contributed by atoms with E-state index in [0.717, 1.165) is 11.4 Å². The first kappa shape index (κ1) is 12.4. The lowest BCUT2D eigenvalue weighted by atomic mass is 10.2. The minimum atomic E-state index is -0.485. The van der Waals surface area contributed by atoms with Crippen molar-refractivity contribution in [2.45, 2.75) is 39.8 Å². The first-order valence-electron chi connectivity index (χ1n) is 5.12. The number of nitrogens with zero attached hydrogens (tertiary/aromatic N) is 2. The Hall–Kier alpha value is -1.65. The van der Waals surface area contributed by atoms with Gasteiger partial charge in [-0.3, -0.25) is 9.97 Å². The maximum absolute atomic E-state index is 11.4. The standard InChI is InChI=1S/C11H17N3O2/c1-8-9(13-6-5-12-8)7-14-10(15)16-11(2,3)4/h5-6H,7H2,1-4H3,(H,14,15). The summed E-state index contributed by atoms with van der Waals surface area (Å²) >= 11 is 0. The number of carbonyl (C=O) groups is 1. The Morgan fingerprint density at radius 1 is 1.38 bits per heavy atom. The molecule has 1 heterocycles. The van der Waals surface area contributed by atoms with Crippen molar-refractivity contribution in [2.24, 2.45) is 0 Å². The molecular weight excluding hydrogens is 206 g/mol. The lowest BCUT2D eigenvalue weighted by Crippen LogP contribution is -2.32. The summed E-state index contributed by atoms with van der Waals surface area (Å²) < 4.78 is 5.10. The number of carbonyl (C=O) groups excluding carboxylic acids is 1. The van der Waals surface area contributed by atoms with Crippen molar-refractivity contribution in [2.75, 3.05) is 0 Å². The van der Waals surface area contributed by atoms with Crippen LogP contribution in [-0.4, -0.2) is 21.7 Å². The smallest absolute Gasteiger partial charge is 0.407 e. The molecule has 0 radical (unpaired) electrons. The summed E-state index contributed by atoms with van der Waals surface area (Å²) in [6, 6.07) is 0. The highest BCUT2D eigenvalue weighted by Crippen LogP contribution is 2.07. The fraction of sp³-hybridized carbons (Fsp3) is 0.545. The first-order valence-corrected chi connectivity index (χ1v) is 5.12. The van der Waals surface area contributed by atoms with E-state index in [4.69, 9.17) is 4.74 Å². The SMILES string of the molecule is Cc1nccnc1CNC(=O)OC(C)(C)C. The molecule has 1 N–H and O–H groups in total. The van der Waals surface area contributed by atoms with Crippen LogP contribution in [0.1, 0.15) is 32.2 Å². The van der Waals surface area contributed by atoms with E-state index < -0.39 is 11.7 Å². The van der Waals surface area contributed by atoms with Gasteiger partial charge in [0.15, 0.2) is 0 Å². The van der Waals surface area contributed by atoms with Crippen molar-refractivity contribution in [3.05, 3.63) is 23.8 Å². The van der Waals surface area contributed by atoms with Crippen LogP contribution in [-0.2, 0) is 11.3 Å². The molecule has 1 aromatic rings. The molecule has 0 unspecified atom stereocenters. The highest BCUT2D eigenvalue weighted by molar-refractivity contribution is 5.67. The minimum absolute atomic E-state index is 0.328. The number of hydrogen-bond acceptors (Lipinski definition) is 4. The Kier molecular flexibility index (Phi) is 3.82. The van der Waals surface area contributed by atoms with Crippen molar-refractivity contribution in [1.82, 2.24) is 15.3 Å². The van der Waals surface area contributed by atoms with Crippen LogP contribution in [0.4, 0.5) is 4.79 Å². The van der Waals surface area contributed by atoms with Crippen molar-refractivity contribution in [1.29, 1.82) is 0 Å². The molecular formula is C11H17N3O2. The molecule has 0 aliphatic carbocycles. The Morgan fingerprint density at radius 3 is 2.56 bits per heavy atom. The zero-order chi connectivity index (χ0) is 12.2. The predicted octanol–water partition coefficient (Wildman–Crippen LogP) is 1.81. The van der Waals surface area contributed by atoms with E-state index in [0.29, 0.717) is 6.54 Å². The quantitative estimate of drug-likeness (QED) is 0.830. The van der Waals surface area contributed by atoms with Crippen LogP contribution in [0.25, 0.3) is 0 Å². The number of aromatic nitrogens is 2. The maximum atomic E-state index is 11.4. The molecule has 16 heavy (non-hydrogen) atoms. The van der Waals surface area contributed by atoms with E-state index in [1.54, 1.807) is 12.4 Å². The molecule has 1 aromatic heterocycles. The van der Waals surface area contributed by atoms with Crippen LogP contribution in [0.5, 0.6) is 0 Å². The van der Waals surface area contributed by atoms with Gasteiger partial charge in [-0.05, 0) is 27.7 Å². The van der Waals surface area contributed by atoms with Crippen LogP contribution < -0.4 is 5.32 Å². The molecule has 5 nitrogen and oxygen atoms in total. The van der Waals surface area contributed by atoms with Gasteiger partial charge in [0.05, 0.1) is 17.9 Å². The van der Waals surface area contributed by atoms with E-state index in [1.165, 1.54) is 0 Å². The average molecular weight is 223 g/mol. The molecule has 0 spiro atoms. The Labute approximate surface area is 95.3 Å². The van der Waals surface area contributed by atoms with E-state index >= 15 is 0 Å². The Morgan fingerprint density at radius 2 is 2.00 bits per heavy atom. The van der Waals surface area contributed by atoms with Gasteiger partial charge in [-0.15, -0.1) is 0 Å². The van der Waals surface area contributed by atoms with Gasteiger partial charge in [-0.2, -0.15) is 0 Å². The number of hydrogen-bond donors (Lipinski definition) is 1. The number of aryl methyl sites for hydroxylation is 1. The second-order valence-corrected chi connectivity index (χ2v) is 4.44. The second kappa shape index (κ2) is 4.92. The lowest BCUT2D eigenvalue weighted by molar-refractivity contribution is 0.0523. The predicted molar refractivity (Wildman–Crippen MR) is 59.8 cm³/mol. The fourth-order valence-electron chi connectivity index (χ4n) is 1.08. The number of amides is 1. The summed E-state index contributed by atoms with van der Waals surface area (Å²) in [6.07, 6.45) is 2.77. The molecule has 88 valence electrons. The molecule has 5 heteroatoms. The Bertz CT molecular complexity index is 372. The topological polar surface area (TPSA) is 64.1 Å². The maximum Gasteiger partial charge on any atom is 0.407 e. The summed E-state index contributed by atoms with van der Waals surface area (Å²) in [5, 5.41) is 2.63. The van der Waals surface area contributed by atoms with E-state index in [2.05, 4.69) is 15.3 Å². The van der Waals surface area contributed by atoms with E-state index in [9.17, 15) is 4.79 Å². The van der Waals surface area contributed by atoms with Crippen LogP contribution >= 0.6 is 0 Å². The van der Waals surface area contributed by atoms with Crippen LogP contribution in [0.15, 0.2) is 12.4 Å². The van der Waals surface area contributed by atoms with Gasteiger partial charge in [0.2, 0.25) is 0 Å². The summed E-state index contributed by atoms with van der Waals surface area (Å²) in [7, 11) is 0. The molecule has 0 fully saturated rings. The highest BCUT2D eigenvalue weighted by Gasteiger charge is 2.15. The molecule has 0 bridgehead atoms. The number of alkyl carbamates (subject to hydrolysis) is 1. The van der Waals surface area contributed by atoms with Crippen LogP contribution in [0.3, 0.4) is 0 Å². The summed E-state index contributed by atoms with van der Waals surface area (Å²) in [4.78, 5) is 19.6. The number of rotatable bonds is 2. The molecule has 0 saturated heterocycles. The van der Waals surface area contributed by atoms with Gasteiger partial charge in [-0.25, -0.2) is 4.79 Å². The minimum Gasteiger partial charge on any atom is -0.444 e. The van der Waals surface area contributed by atoms with Crippen molar-refractivity contribution in [3.63, 3.8) is 0 Å². The molecule has 1 amide bonds. The van der Waals surface area contributed by atoms with E-state index in [1.807, 2.05) is 27.7 Å². The Balaban J connectivity index is 2.47. The van der Waals surface area contributed by atoms with Gasteiger partial charge in [0.25, 0.3) is 0 Å². The third-order valence-electron chi connectivity index (χ3n) is 1.78. The summed E-state index contributed by atoms with van der Waals surface area (Å²) in [5.74, 6) is 0. The molecule has 0 aromatic carbocycles. The average Bonchev–Trinajstić information content (AvgIpc) is 2.14. The van der Waals surface area contributed by atoms with E-state index in [-0.39, 0.29) is 0 Å². The fourth-order valence-corrected chi connectivity index (χ4v) is 1.08.